The Bertz CT molecular complexity index is 717. The lowest BCUT2D eigenvalue weighted by Crippen LogP contribution is -2.50. The van der Waals surface area contributed by atoms with Gasteiger partial charge in [0.2, 0.25) is 5.91 Å². The normalized spacial score (nSPS) is 17.5. The second kappa shape index (κ2) is 7.55. The Morgan fingerprint density at radius 3 is 2.88 bits per heavy atom. The van der Waals surface area contributed by atoms with Gasteiger partial charge in [-0.25, -0.2) is 4.98 Å². The summed E-state index contributed by atoms with van der Waals surface area (Å²) in [5.74, 6) is -0.260. The van der Waals surface area contributed by atoms with Gasteiger partial charge in [-0.3, -0.25) is 9.59 Å². The van der Waals surface area contributed by atoms with Crippen LogP contribution in [-0.2, 0) is 20.7 Å². The van der Waals surface area contributed by atoms with E-state index in [9.17, 15) is 9.59 Å². The molecule has 1 N–H and O–H groups in total. The Morgan fingerprint density at radius 2 is 2.17 bits per heavy atom. The molecule has 0 aliphatic carbocycles. The van der Waals surface area contributed by atoms with Crippen molar-refractivity contribution in [2.75, 3.05) is 25.0 Å². The van der Waals surface area contributed by atoms with Crippen LogP contribution in [0.15, 0.2) is 35.7 Å². The van der Waals surface area contributed by atoms with Crippen LogP contribution in [0.2, 0.25) is 0 Å². The highest BCUT2D eigenvalue weighted by atomic mass is 32.1. The first-order chi connectivity index (χ1) is 11.6. The van der Waals surface area contributed by atoms with Gasteiger partial charge in [-0.05, 0) is 19.1 Å². The number of aromatic nitrogens is 1. The number of nitrogens with zero attached hydrogens (tertiary/aromatic N) is 2. The van der Waals surface area contributed by atoms with Crippen molar-refractivity contribution in [1.29, 1.82) is 0 Å². The summed E-state index contributed by atoms with van der Waals surface area (Å²) in [6.07, 6.45) is -0.391. The minimum absolute atomic E-state index is 0.0267. The summed E-state index contributed by atoms with van der Waals surface area (Å²) < 4.78 is 5.53. The molecule has 0 bridgehead atoms. The van der Waals surface area contributed by atoms with Crippen molar-refractivity contribution in [3.63, 3.8) is 0 Å². The van der Waals surface area contributed by atoms with Gasteiger partial charge in [0.05, 0.1) is 30.3 Å². The van der Waals surface area contributed by atoms with Crippen molar-refractivity contribution in [2.45, 2.75) is 19.4 Å². The number of rotatable bonds is 4. The van der Waals surface area contributed by atoms with E-state index in [1.54, 1.807) is 4.90 Å². The first-order valence-corrected chi connectivity index (χ1v) is 8.66. The van der Waals surface area contributed by atoms with E-state index < -0.39 is 6.10 Å². The lowest BCUT2D eigenvalue weighted by molar-refractivity contribution is -0.144. The van der Waals surface area contributed by atoms with Crippen molar-refractivity contribution in [2.24, 2.45) is 0 Å². The van der Waals surface area contributed by atoms with Crippen LogP contribution in [0.25, 0.3) is 0 Å². The quantitative estimate of drug-likeness (QED) is 0.918. The van der Waals surface area contributed by atoms with Crippen LogP contribution >= 0.6 is 11.3 Å². The van der Waals surface area contributed by atoms with Crippen LogP contribution in [0.5, 0.6) is 0 Å². The van der Waals surface area contributed by atoms with Gasteiger partial charge >= 0.3 is 0 Å². The molecule has 3 rings (SSSR count). The number of hydrogen-bond donors (Lipinski definition) is 1. The third-order valence-electron chi connectivity index (χ3n) is 3.75. The molecule has 126 valence electrons. The number of morpholine rings is 1. The molecule has 1 aliphatic heterocycles. The molecular formula is C17H19N3O3S. The van der Waals surface area contributed by atoms with Crippen LogP contribution in [-0.4, -0.2) is 47.5 Å². The maximum absolute atomic E-state index is 12.4. The van der Waals surface area contributed by atoms with Gasteiger partial charge in [0.15, 0.2) is 6.10 Å². The van der Waals surface area contributed by atoms with Crippen molar-refractivity contribution < 1.29 is 14.3 Å². The first kappa shape index (κ1) is 16.6. The Balaban J connectivity index is 1.57. The predicted octanol–water partition coefficient (Wildman–Crippen LogP) is 1.86. The summed E-state index contributed by atoms with van der Waals surface area (Å²) in [6, 6.07) is 9.21. The van der Waals surface area contributed by atoms with Crippen LogP contribution in [0.3, 0.4) is 0 Å². The van der Waals surface area contributed by atoms with Gasteiger partial charge < -0.3 is 15.0 Å². The van der Waals surface area contributed by atoms with E-state index in [2.05, 4.69) is 10.3 Å². The Morgan fingerprint density at radius 1 is 1.38 bits per heavy atom. The number of carbonyl (C=O) groups excluding carboxylic acids is 2. The summed E-state index contributed by atoms with van der Waals surface area (Å²) in [5.41, 5.74) is 1.49. The third-order valence-corrected chi connectivity index (χ3v) is 4.57. The van der Waals surface area contributed by atoms with Crippen molar-refractivity contribution in [3.05, 3.63) is 46.4 Å². The minimum atomic E-state index is -0.653. The second-order valence-electron chi connectivity index (χ2n) is 5.59. The van der Waals surface area contributed by atoms with Gasteiger partial charge in [0.1, 0.15) is 0 Å². The minimum Gasteiger partial charge on any atom is -0.365 e. The number of para-hydroxylation sites is 1. The molecule has 0 radical (unpaired) electrons. The van der Waals surface area contributed by atoms with Gasteiger partial charge in [-0.2, -0.15) is 0 Å². The van der Waals surface area contributed by atoms with E-state index in [0.717, 1.165) is 10.7 Å². The average Bonchev–Trinajstić information content (AvgIpc) is 3.00. The number of benzene rings is 1. The topological polar surface area (TPSA) is 71.5 Å². The van der Waals surface area contributed by atoms with Gasteiger partial charge in [-0.15, -0.1) is 11.3 Å². The number of amides is 2. The summed E-state index contributed by atoms with van der Waals surface area (Å²) in [4.78, 5) is 30.7. The number of aryl methyl sites for hydroxylation is 1. The fraction of sp³-hybridized carbons (Fsp3) is 0.353. The molecule has 2 amide bonds. The summed E-state index contributed by atoms with van der Waals surface area (Å²) in [6.45, 7) is 3.03. The number of hydrogen-bond acceptors (Lipinski definition) is 5. The van der Waals surface area contributed by atoms with E-state index >= 15 is 0 Å². The largest absolute Gasteiger partial charge is 0.365 e. The predicted molar refractivity (Wildman–Crippen MR) is 91.9 cm³/mol. The molecule has 1 aromatic heterocycles. The highest BCUT2D eigenvalue weighted by Gasteiger charge is 2.29. The Kier molecular flexibility index (Phi) is 5.22. The Hall–Kier alpha value is -2.25. The highest BCUT2D eigenvalue weighted by Crippen LogP contribution is 2.13. The van der Waals surface area contributed by atoms with E-state index in [0.29, 0.717) is 18.8 Å². The molecule has 24 heavy (non-hydrogen) atoms. The average molecular weight is 345 g/mol. The van der Waals surface area contributed by atoms with E-state index in [1.165, 1.54) is 11.3 Å². The lowest BCUT2D eigenvalue weighted by Gasteiger charge is -2.32. The monoisotopic (exact) mass is 345 g/mol. The molecule has 1 atom stereocenters. The molecule has 7 heteroatoms. The fourth-order valence-corrected chi connectivity index (χ4v) is 3.15. The number of carbonyl (C=O) groups is 2. The van der Waals surface area contributed by atoms with E-state index in [1.807, 2.05) is 42.6 Å². The van der Waals surface area contributed by atoms with Crippen LogP contribution in [0, 0.1) is 6.92 Å². The molecule has 0 unspecified atom stereocenters. The molecule has 6 nitrogen and oxygen atoms in total. The number of thiazole rings is 1. The number of ether oxygens (including phenoxy) is 1. The molecular weight excluding hydrogens is 326 g/mol. The molecule has 1 aliphatic rings. The zero-order valence-electron chi connectivity index (χ0n) is 13.4. The van der Waals surface area contributed by atoms with Crippen molar-refractivity contribution in [3.8, 4) is 0 Å². The molecule has 2 aromatic rings. The molecule has 1 saturated heterocycles. The van der Waals surface area contributed by atoms with Crippen LogP contribution in [0.1, 0.15) is 10.7 Å². The molecule has 1 fully saturated rings. The fourth-order valence-electron chi connectivity index (χ4n) is 2.53. The molecule has 0 saturated carbocycles. The summed E-state index contributed by atoms with van der Waals surface area (Å²) >= 11 is 1.53. The maximum atomic E-state index is 12.4. The van der Waals surface area contributed by atoms with Crippen molar-refractivity contribution in [1.82, 2.24) is 9.88 Å². The van der Waals surface area contributed by atoms with Crippen LogP contribution in [0.4, 0.5) is 5.69 Å². The third kappa shape index (κ3) is 4.18. The van der Waals surface area contributed by atoms with E-state index in [4.69, 9.17) is 4.74 Å². The SMILES string of the molecule is Cc1nc(CC(=O)N2CCO[C@H](C(=O)Nc3ccccc3)C2)cs1. The van der Waals surface area contributed by atoms with Gasteiger partial charge in [-0.1, -0.05) is 18.2 Å². The molecule has 1 aromatic carbocycles. The lowest BCUT2D eigenvalue weighted by atomic mass is 10.2. The highest BCUT2D eigenvalue weighted by molar-refractivity contribution is 7.09. The van der Waals surface area contributed by atoms with Crippen molar-refractivity contribution >= 4 is 28.8 Å². The summed E-state index contributed by atoms with van der Waals surface area (Å²) in [7, 11) is 0. The maximum Gasteiger partial charge on any atom is 0.255 e. The van der Waals surface area contributed by atoms with Gasteiger partial charge in [0.25, 0.3) is 5.91 Å². The van der Waals surface area contributed by atoms with Gasteiger partial charge in [0, 0.05) is 17.6 Å². The molecule has 0 spiro atoms. The number of anilines is 1. The zero-order chi connectivity index (χ0) is 16.9. The Labute approximate surface area is 144 Å². The zero-order valence-corrected chi connectivity index (χ0v) is 14.2. The molecule has 2 heterocycles. The number of nitrogens with one attached hydrogen (secondary N) is 1. The van der Waals surface area contributed by atoms with Crippen LogP contribution < -0.4 is 5.32 Å². The van der Waals surface area contributed by atoms with E-state index in [-0.39, 0.29) is 24.8 Å². The second-order valence-corrected chi connectivity index (χ2v) is 6.65. The first-order valence-electron chi connectivity index (χ1n) is 7.78. The smallest absolute Gasteiger partial charge is 0.255 e. The summed E-state index contributed by atoms with van der Waals surface area (Å²) in [5, 5.41) is 5.65. The standard InChI is InChI=1S/C17H19N3O3S/c1-12-18-14(11-24-12)9-16(21)20-7-8-23-15(10-20)17(22)19-13-5-3-2-4-6-13/h2-6,11,15H,7-10H2,1H3,(H,19,22)/t15-/m0/s1.